The molecule has 0 N–H and O–H groups in total. The Hall–Kier alpha value is -1.31. The Morgan fingerprint density at radius 1 is 1.33 bits per heavy atom. The van der Waals surface area contributed by atoms with E-state index in [9.17, 15) is 4.79 Å². The maximum atomic E-state index is 11.7. The lowest BCUT2D eigenvalue weighted by Gasteiger charge is -2.29. The van der Waals surface area contributed by atoms with Crippen molar-refractivity contribution in [3.8, 4) is 0 Å². The first kappa shape index (κ1) is 13.1. The summed E-state index contributed by atoms with van der Waals surface area (Å²) in [5.41, 5.74) is 4.06. The van der Waals surface area contributed by atoms with Crippen LogP contribution in [-0.2, 0) is 9.53 Å². The Labute approximate surface area is 109 Å². The summed E-state index contributed by atoms with van der Waals surface area (Å²) in [7, 11) is 0. The molecule has 0 bridgehead atoms. The Morgan fingerprint density at radius 3 is 2.83 bits per heavy atom. The van der Waals surface area contributed by atoms with E-state index in [1.165, 1.54) is 23.1 Å². The summed E-state index contributed by atoms with van der Waals surface area (Å²) in [6.07, 6.45) is 2.79. The van der Waals surface area contributed by atoms with E-state index in [1.54, 1.807) is 0 Å². The molecule has 0 aliphatic heterocycles. The molecule has 0 aromatic heterocycles. The highest BCUT2D eigenvalue weighted by atomic mass is 16.5. The average molecular weight is 246 g/mol. The molecular weight excluding hydrogens is 224 g/mol. The van der Waals surface area contributed by atoms with Crippen molar-refractivity contribution >= 4 is 5.97 Å². The molecule has 18 heavy (non-hydrogen) atoms. The number of carbonyl (C=O) groups excluding carboxylic acids is 1. The molecule has 1 aromatic rings. The van der Waals surface area contributed by atoms with Gasteiger partial charge in [0.2, 0.25) is 0 Å². The first-order valence-corrected chi connectivity index (χ1v) is 6.88. The van der Waals surface area contributed by atoms with Gasteiger partial charge in [-0.05, 0) is 49.7 Å². The maximum absolute atomic E-state index is 11.7. The van der Waals surface area contributed by atoms with Crippen LogP contribution in [0.3, 0.4) is 0 Å². The number of esters is 1. The van der Waals surface area contributed by atoms with Crippen LogP contribution >= 0.6 is 0 Å². The zero-order valence-corrected chi connectivity index (χ0v) is 11.5. The number of hydrogen-bond donors (Lipinski definition) is 0. The van der Waals surface area contributed by atoms with Crippen LogP contribution in [0.4, 0.5) is 0 Å². The van der Waals surface area contributed by atoms with Crippen molar-refractivity contribution in [1.82, 2.24) is 0 Å². The second-order valence-corrected chi connectivity index (χ2v) is 5.32. The highest BCUT2D eigenvalue weighted by molar-refractivity contribution is 5.70. The van der Waals surface area contributed by atoms with E-state index in [0.717, 1.165) is 6.42 Å². The van der Waals surface area contributed by atoms with Gasteiger partial charge in [-0.25, -0.2) is 0 Å². The lowest BCUT2D eigenvalue weighted by molar-refractivity contribution is -0.143. The molecule has 0 unspecified atom stereocenters. The molecule has 1 aliphatic carbocycles. The standard InChI is InChI=1S/C16H22O2/c1-4-18-16(17)10-13-7-6-12(3)14-8-5-11(2)9-15(13)14/h5,8-9,12-13H,4,6-7,10H2,1-3H3/t12-,13+/m0/s1. The summed E-state index contributed by atoms with van der Waals surface area (Å²) in [5, 5.41) is 0. The number of carbonyl (C=O) groups is 1. The predicted octanol–water partition coefficient (Wildman–Crippen LogP) is 3.93. The molecule has 1 aromatic carbocycles. The van der Waals surface area contributed by atoms with Crippen molar-refractivity contribution in [3.63, 3.8) is 0 Å². The Balaban J connectivity index is 2.22. The smallest absolute Gasteiger partial charge is 0.306 e. The molecule has 0 saturated carbocycles. The van der Waals surface area contributed by atoms with Gasteiger partial charge >= 0.3 is 5.97 Å². The van der Waals surface area contributed by atoms with Gasteiger partial charge in [0.25, 0.3) is 0 Å². The van der Waals surface area contributed by atoms with E-state index < -0.39 is 0 Å². The van der Waals surface area contributed by atoms with E-state index in [0.29, 0.717) is 24.9 Å². The van der Waals surface area contributed by atoms with E-state index in [2.05, 4.69) is 32.0 Å². The van der Waals surface area contributed by atoms with Gasteiger partial charge in [0.1, 0.15) is 0 Å². The van der Waals surface area contributed by atoms with Crippen molar-refractivity contribution in [3.05, 3.63) is 34.9 Å². The highest BCUT2D eigenvalue weighted by Gasteiger charge is 2.26. The molecule has 0 radical (unpaired) electrons. The van der Waals surface area contributed by atoms with Crippen LogP contribution in [0.15, 0.2) is 18.2 Å². The van der Waals surface area contributed by atoms with Gasteiger partial charge in [0, 0.05) is 0 Å². The predicted molar refractivity (Wildman–Crippen MR) is 72.8 cm³/mol. The van der Waals surface area contributed by atoms with Crippen LogP contribution in [0.2, 0.25) is 0 Å². The molecule has 1 aliphatic rings. The lowest BCUT2D eigenvalue weighted by atomic mass is 9.75. The summed E-state index contributed by atoms with van der Waals surface area (Å²) >= 11 is 0. The first-order valence-electron chi connectivity index (χ1n) is 6.88. The zero-order valence-electron chi connectivity index (χ0n) is 11.5. The number of rotatable bonds is 3. The lowest BCUT2D eigenvalue weighted by Crippen LogP contribution is -2.17. The normalized spacial score (nSPS) is 22.4. The number of hydrogen-bond acceptors (Lipinski definition) is 2. The van der Waals surface area contributed by atoms with Crippen molar-refractivity contribution < 1.29 is 9.53 Å². The van der Waals surface area contributed by atoms with Gasteiger partial charge < -0.3 is 4.74 Å². The Kier molecular flexibility index (Phi) is 4.05. The van der Waals surface area contributed by atoms with Gasteiger partial charge in [-0.3, -0.25) is 4.79 Å². The fourth-order valence-electron chi connectivity index (χ4n) is 2.89. The van der Waals surface area contributed by atoms with Crippen LogP contribution in [-0.4, -0.2) is 12.6 Å². The molecule has 0 saturated heterocycles. The van der Waals surface area contributed by atoms with Crippen LogP contribution in [0, 0.1) is 6.92 Å². The van der Waals surface area contributed by atoms with Crippen molar-refractivity contribution in [1.29, 1.82) is 0 Å². The van der Waals surface area contributed by atoms with E-state index >= 15 is 0 Å². The van der Waals surface area contributed by atoms with Gasteiger partial charge in [0.05, 0.1) is 13.0 Å². The Morgan fingerprint density at radius 2 is 2.11 bits per heavy atom. The minimum atomic E-state index is -0.0653. The summed E-state index contributed by atoms with van der Waals surface area (Å²) in [6.45, 7) is 6.72. The van der Waals surface area contributed by atoms with Crippen molar-refractivity contribution in [2.45, 2.75) is 51.9 Å². The van der Waals surface area contributed by atoms with Crippen molar-refractivity contribution in [2.75, 3.05) is 6.61 Å². The number of benzene rings is 1. The molecule has 2 heteroatoms. The molecule has 2 rings (SSSR count). The van der Waals surface area contributed by atoms with Gasteiger partial charge in [-0.1, -0.05) is 30.7 Å². The molecule has 0 amide bonds. The molecule has 2 atom stereocenters. The SMILES string of the molecule is CCOC(=O)C[C@H]1CC[C@H](C)c2ccc(C)cc21. The number of aryl methyl sites for hydroxylation is 1. The molecule has 0 spiro atoms. The largest absolute Gasteiger partial charge is 0.466 e. The minimum Gasteiger partial charge on any atom is -0.466 e. The third-order valence-electron chi connectivity index (χ3n) is 3.88. The van der Waals surface area contributed by atoms with E-state index in [4.69, 9.17) is 4.74 Å². The van der Waals surface area contributed by atoms with Crippen LogP contribution in [0.1, 0.15) is 61.6 Å². The van der Waals surface area contributed by atoms with E-state index in [-0.39, 0.29) is 5.97 Å². The summed E-state index contributed by atoms with van der Waals surface area (Å²) < 4.78 is 5.08. The van der Waals surface area contributed by atoms with Gasteiger partial charge in [-0.2, -0.15) is 0 Å². The molecule has 0 heterocycles. The molecular formula is C16H22O2. The average Bonchev–Trinajstić information content (AvgIpc) is 2.33. The van der Waals surface area contributed by atoms with Crippen LogP contribution < -0.4 is 0 Å². The fraction of sp³-hybridized carbons (Fsp3) is 0.562. The zero-order chi connectivity index (χ0) is 13.1. The molecule has 98 valence electrons. The number of fused-ring (bicyclic) bond motifs is 1. The Bertz CT molecular complexity index is 437. The fourth-order valence-corrected chi connectivity index (χ4v) is 2.89. The van der Waals surface area contributed by atoms with Gasteiger partial charge in [-0.15, -0.1) is 0 Å². The summed E-state index contributed by atoms with van der Waals surface area (Å²) in [4.78, 5) is 11.7. The molecule has 2 nitrogen and oxygen atoms in total. The van der Waals surface area contributed by atoms with Crippen LogP contribution in [0.25, 0.3) is 0 Å². The third-order valence-corrected chi connectivity index (χ3v) is 3.88. The quantitative estimate of drug-likeness (QED) is 0.755. The first-order chi connectivity index (χ1) is 8.61. The van der Waals surface area contributed by atoms with Gasteiger partial charge in [0.15, 0.2) is 0 Å². The van der Waals surface area contributed by atoms with Crippen LogP contribution in [0.5, 0.6) is 0 Å². The summed E-state index contributed by atoms with van der Waals surface area (Å²) in [5.74, 6) is 0.888. The van der Waals surface area contributed by atoms with E-state index in [1.807, 2.05) is 6.92 Å². The third kappa shape index (κ3) is 2.74. The second kappa shape index (κ2) is 5.55. The topological polar surface area (TPSA) is 26.3 Å². The van der Waals surface area contributed by atoms with Crippen molar-refractivity contribution in [2.24, 2.45) is 0 Å². The number of ether oxygens (including phenoxy) is 1. The summed E-state index contributed by atoms with van der Waals surface area (Å²) in [6, 6.07) is 6.64. The second-order valence-electron chi connectivity index (χ2n) is 5.32. The minimum absolute atomic E-state index is 0.0653. The highest BCUT2D eigenvalue weighted by Crippen LogP contribution is 2.40. The molecule has 0 fully saturated rings. The maximum Gasteiger partial charge on any atom is 0.306 e. The monoisotopic (exact) mass is 246 g/mol.